The molecular weight excluding hydrogens is 316 g/mol. The van der Waals surface area contributed by atoms with Crippen LogP contribution in [0.2, 0.25) is 0 Å². The first-order valence-electron chi connectivity index (χ1n) is 8.76. The van der Waals surface area contributed by atoms with E-state index >= 15 is 0 Å². The number of hydrogen-bond acceptors (Lipinski definition) is 4. The number of H-pyrrole nitrogens is 1. The molecule has 1 aromatic heterocycles. The summed E-state index contributed by atoms with van der Waals surface area (Å²) in [6.45, 7) is 5.26. The van der Waals surface area contributed by atoms with Crippen molar-refractivity contribution in [3.63, 3.8) is 0 Å². The zero-order chi connectivity index (χ0) is 17.7. The lowest BCUT2D eigenvalue weighted by atomic mass is 9.77. The van der Waals surface area contributed by atoms with Gasteiger partial charge in [0.05, 0.1) is 12.8 Å². The van der Waals surface area contributed by atoms with Crippen molar-refractivity contribution in [3.8, 4) is 11.3 Å². The third-order valence-corrected chi connectivity index (χ3v) is 5.44. The van der Waals surface area contributed by atoms with Gasteiger partial charge in [-0.1, -0.05) is 6.92 Å². The van der Waals surface area contributed by atoms with E-state index in [4.69, 9.17) is 4.74 Å². The van der Waals surface area contributed by atoms with Gasteiger partial charge < -0.3 is 15.0 Å². The number of nitrogens with one attached hydrogen (secondary N) is 2. The fourth-order valence-electron chi connectivity index (χ4n) is 4.22. The summed E-state index contributed by atoms with van der Waals surface area (Å²) in [4.78, 5) is 27.2. The Morgan fingerprint density at radius 1 is 1.28 bits per heavy atom. The summed E-state index contributed by atoms with van der Waals surface area (Å²) in [7, 11) is 1.29. The van der Waals surface area contributed by atoms with Gasteiger partial charge in [0, 0.05) is 17.8 Å². The molecule has 0 spiro atoms. The minimum atomic E-state index is -0.590. The largest absolute Gasteiger partial charge is 0.465 e. The number of aromatic amines is 1. The van der Waals surface area contributed by atoms with E-state index in [0.29, 0.717) is 0 Å². The Labute approximate surface area is 146 Å². The Bertz CT molecular complexity index is 943. The second kappa shape index (κ2) is 5.76. The van der Waals surface area contributed by atoms with Crippen molar-refractivity contribution in [3.05, 3.63) is 50.3 Å². The van der Waals surface area contributed by atoms with Crippen LogP contribution in [0.15, 0.2) is 16.9 Å². The number of pyridine rings is 1. The standard InChI is InChI=1S/C20H22N2O3/c1-10-7-14-12-5-4-6-21-17(12)11(2)8-15(14)18-13(10)9-16(19(23)22-18)20(24)25-3/h8-10,21H,4-7H2,1-3H3,(H,22,23). The van der Waals surface area contributed by atoms with Crippen LogP contribution in [0.5, 0.6) is 0 Å². The van der Waals surface area contributed by atoms with Crippen molar-refractivity contribution in [2.75, 3.05) is 19.0 Å². The van der Waals surface area contributed by atoms with Gasteiger partial charge in [-0.3, -0.25) is 4.79 Å². The number of methoxy groups -OCH3 is 1. The first-order chi connectivity index (χ1) is 12.0. The van der Waals surface area contributed by atoms with Crippen molar-refractivity contribution in [2.24, 2.45) is 0 Å². The van der Waals surface area contributed by atoms with E-state index in [1.54, 1.807) is 6.07 Å². The topological polar surface area (TPSA) is 71.2 Å². The van der Waals surface area contributed by atoms with E-state index < -0.39 is 5.97 Å². The van der Waals surface area contributed by atoms with Crippen molar-refractivity contribution in [1.82, 2.24) is 4.98 Å². The van der Waals surface area contributed by atoms with E-state index in [-0.39, 0.29) is 17.0 Å². The molecule has 5 nitrogen and oxygen atoms in total. The summed E-state index contributed by atoms with van der Waals surface area (Å²) < 4.78 is 4.74. The molecule has 2 heterocycles. The quantitative estimate of drug-likeness (QED) is 0.784. The molecule has 1 aromatic carbocycles. The number of carbonyl (C=O) groups is 1. The number of hydrogen-bond donors (Lipinski definition) is 2. The van der Waals surface area contributed by atoms with E-state index in [2.05, 4.69) is 30.2 Å². The van der Waals surface area contributed by atoms with Crippen molar-refractivity contribution in [1.29, 1.82) is 0 Å². The summed E-state index contributed by atoms with van der Waals surface area (Å²) in [6.07, 6.45) is 3.11. The van der Waals surface area contributed by atoms with Crippen LogP contribution in [0.3, 0.4) is 0 Å². The Balaban J connectivity index is 1.97. The number of fused-ring (bicyclic) bond motifs is 5. The van der Waals surface area contributed by atoms with E-state index in [1.165, 1.54) is 29.5 Å². The highest BCUT2D eigenvalue weighted by Crippen LogP contribution is 2.43. The van der Waals surface area contributed by atoms with Gasteiger partial charge >= 0.3 is 5.97 Å². The molecule has 130 valence electrons. The molecule has 2 aromatic rings. The lowest BCUT2D eigenvalue weighted by Crippen LogP contribution is -2.24. The number of aromatic nitrogens is 1. The van der Waals surface area contributed by atoms with E-state index in [0.717, 1.165) is 42.6 Å². The van der Waals surface area contributed by atoms with E-state index in [1.807, 2.05) is 0 Å². The molecule has 0 fully saturated rings. The van der Waals surface area contributed by atoms with Crippen LogP contribution < -0.4 is 10.9 Å². The van der Waals surface area contributed by atoms with Gasteiger partial charge in [0.15, 0.2) is 0 Å². The molecule has 0 saturated heterocycles. The van der Waals surface area contributed by atoms with Crippen molar-refractivity contribution < 1.29 is 9.53 Å². The maximum atomic E-state index is 12.4. The first kappa shape index (κ1) is 15.9. The average molecular weight is 338 g/mol. The smallest absolute Gasteiger partial charge is 0.343 e. The Morgan fingerprint density at radius 3 is 2.84 bits per heavy atom. The lowest BCUT2D eigenvalue weighted by molar-refractivity contribution is 0.0598. The molecule has 2 N–H and O–H groups in total. The molecule has 1 aliphatic carbocycles. The van der Waals surface area contributed by atoms with E-state index in [9.17, 15) is 9.59 Å². The minimum Gasteiger partial charge on any atom is -0.465 e. The Hall–Kier alpha value is -2.56. The summed E-state index contributed by atoms with van der Waals surface area (Å²) in [5.41, 5.74) is 7.82. The highest BCUT2D eigenvalue weighted by molar-refractivity contribution is 5.90. The second-order valence-electron chi connectivity index (χ2n) is 7.04. The SMILES string of the molecule is COC(=O)c1cc2c([nH]c1=O)-c1cc(C)c3c(c1CC2C)CCCN3. The molecule has 0 amide bonds. The molecule has 0 saturated carbocycles. The normalized spacial score (nSPS) is 17.8. The number of benzene rings is 1. The van der Waals surface area contributed by atoms with Gasteiger partial charge in [0.25, 0.3) is 5.56 Å². The zero-order valence-electron chi connectivity index (χ0n) is 14.8. The van der Waals surface area contributed by atoms with Gasteiger partial charge in [-0.05, 0) is 66.5 Å². The number of anilines is 1. The van der Waals surface area contributed by atoms with Crippen LogP contribution in [0.1, 0.15) is 51.9 Å². The van der Waals surface area contributed by atoms with Gasteiger partial charge in [0.1, 0.15) is 5.56 Å². The summed E-state index contributed by atoms with van der Waals surface area (Å²) in [5, 5.41) is 3.53. The van der Waals surface area contributed by atoms with Gasteiger partial charge in [-0.15, -0.1) is 0 Å². The van der Waals surface area contributed by atoms with Crippen LogP contribution in [0.25, 0.3) is 11.3 Å². The minimum absolute atomic E-state index is 0.0768. The predicted octanol–water partition coefficient (Wildman–Crippen LogP) is 3.15. The lowest BCUT2D eigenvalue weighted by Gasteiger charge is -2.31. The second-order valence-corrected chi connectivity index (χ2v) is 7.04. The van der Waals surface area contributed by atoms with Crippen LogP contribution in [0.4, 0.5) is 5.69 Å². The zero-order valence-corrected chi connectivity index (χ0v) is 14.8. The average Bonchev–Trinajstić information content (AvgIpc) is 2.62. The third-order valence-electron chi connectivity index (χ3n) is 5.44. The molecule has 0 radical (unpaired) electrons. The number of ether oxygens (including phenoxy) is 1. The Kier molecular flexibility index (Phi) is 3.67. The maximum Gasteiger partial charge on any atom is 0.343 e. The van der Waals surface area contributed by atoms with Crippen molar-refractivity contribution in [2.45, 2.75) is 39.0 Å². The molecular formula is C20H22N2O3. The van der Waals surface area contributed by atoms with Crippen LogP contribution >= 0.6 is 0 Å². The summed E-state index contributed by atoms with van der Waals surface area (Å²) >= 11 is 0. The molecule has 1 aliphatic heterocycles. The number of carbonyl (C=O) groups excluding carboxylic acids is 1. The molecule has 1 atom stereocenters. The highest BCUT2D eigenvalue weighted by atomic mass is 16.5. The number of esters is 1. The Morgan fingerprint density at radius 2 is 2.08 bits per heavy atom. The third kappa shape index (κ3) is 2.37. The summed E-state index contributed by atoms with van der Waals surface area (Å²) in [6, 6.07) is 3.87. The van der Waals surface area contributed by atoms with Crippen molar-refractivity contribution >= 4 is 11.7 Å². The number of aryl methyl sites for hydroxylation is 1. The summed E-state index contributed by atoms with van der Waals surface area (Å²) in [5.74, 6) is -0.357. The van der Waals surface area contributed by atoms with Crippen LogP contribution in [0, 0.1) is 6.92 Å². The van der Waals surface area contributed by atoms with Gasteiger partial charge in [-0.2, -0.15) is 0 Å². The first-order valence-corrected chi connectivity index (χ1v) is 8.76. The highest BCUT2D eigenvalue weighted by Gasteiger charge is 2.29. The fraction of sp³-hybridized carbons (Fsp3) is 0.400. The number of rotatable bonds is 1. The molecule has 5 heteroatoms. The molecule has 25 heavy (non-hydrogen) atoms. The van der Waals surface area contributed by atoms with Crippen LogP contribution in [-0.4, -0.2) is 24.6 Å². The van der Waals surface area contributed by atoms with Gasteiger partial charge in [0.2, 0.25) is 0 Å². The molecule has 0 bridgehead atoms. The molecule has 2 aliphatic rings. The fourth-order valence-corrected chi connectivity index (χ4v) is 4.22. The van der Waals surface area contributed by atoms with Gasteiger partial charge in [-0.25, -0.2) is 4.79 Å². The van der Waals surface area contributed by atoms with Crippen LogP contribution in [-0.2, 0) is 17.6 Å². The molecule has 1 unspecified atom stereocenters. The monoisotopic (exact) mass is 338 g/mol. The molecule has 4 rings (SSSR count). The maximum absolute atomic E-state index is 12.4. The predicted molar refractivity (Wildman–Crippen MR) is 97.5 cm³/mol.